The van der Waals surface area contributed by atoms with Crippen LogP contribution in [0, 0.1) is 0 Å². The molecule has 0 fully saturated rings. The summed E-state index contributed by atoms with van der Waals surface area (Å²) >= 11 is 7.12. The highest BCUT2D eigenvalue weighted by Crippen LogP contribution is 2.48. The van der Waals surface area contributed by atoms with Crippen LogP contribution in [0.1, 0.15) is 17.5 Å². The zero-order valence-electron chi connectivity index (χ0n) is 11.3. The maximum atomic E-state index is 12.7. The van der Waals surface area contributed by atoms with E-state index in [4.69, 9.17) is 4.74 Å². The number of hydrogen-bond donors (Lipinski definition) is 0. The van der Waals surface area contributed by atoms with Crippen LogP contribution in [0.25, 0.3) is 0 Å². The first kappa shape index (κ1) is 14.8. The van der Waals surface area contributed by atoms with E-state index in [1.165, 1.54) is 0 Å². The number of esters is 1. The minimum absolute atomic E-state index is 0.177. The molecule has 2 nitrogen and oxygen atoms in total. The van der Waals surface area contributed by atoms with Gasteiger partial charge in [-0.15, -0.1) is 0 Å². The molecule has 0 spiro atoms. The molecule has 0 N–H and O–H groups in total. The summed E-state index contributed by atoms with van der Waals surface area (Å²) in [5, 5.41) is 0.775. The molecule has 0 saturated carbocycles. The van der Waals surface area contributed by atoms with Gasteiger partial charge in [0.2, 0.25) is 0 Å². The second-order valence-electron chi connectivity index (χ2n) is 5.11. The molecule has 1 heterocycles. The van der Waals surface area contributed by atoms with Gasteiger partial charge in [-0.25, -0.2) is 0 Å². The van der Waals surface area contributed by atoms with Crippen molar-refractivity contribution in [2.75, 3.05) is 5.33 Å². The van der Waals surface area contributed by atoms with E-state index in [9.17, 15) is 4.79 Å². The molecule has 2 atom stereocenters. The number of halogens is 2. The number of carbonyl (C=O) groups is 1. The van der Waals surface area contributed by atoms with Crippen LogP contribution in [0.15, 0.2) is 54.6 Å². The van der Waals surface area contributed by atoms with Gasteiger partial charge in [-0.3, -0.25) is 4.79 Å². The fourth-order valence-electron chi connectivity index (χ4n) is 2.90. The molecule has 1 aliphatic rings. The Hall–Kier alpha value is -1.13. The van der Waals surface area contributed by atoms with Crippen molar-refractivity contribution in [3.05, 3.63) is 65.7 Å². The van der Waals surface area contributed by atoms with Crippen molar-refractivity contribution in [2.24, 2.45) is 0 Å². The first-order chi connectivity index (χ1) is 10.2. The molecule has 0 amide bonds. The maximum absolute atomic E-state index is 12.7. The third-order valence-electron chi connectivity index (χ3n) is 3.86. The topological polar surface area (TPSA) is 26.3 Å². The molecule has 0 saturated heterocycles. The van der Waals surface area contributed by atoms with Crippen LogP contribution < -0.4 is 4.74 Å². The standard InChI is InChI=1S/C17H14Br2O2/c18-11-13(19)10-17(12-6-2-1-3-7-12)14-8-4-5-9-15(14)21-16(17)20/h1-9,13H,10-11H2/t13-,17+/m1/s1. The predicted molar refractivity (Wildman–Crippen MR) is 90.4 cm³/mol. The van der Waals surface area contributed by atoms with Gasteiger partial charge in [0.15, 0.2) is 0 Å². The molecular weight excluding hydrogens is 396 g/mol. The van der Waals surface area contributed by atoms with E-state index < -0.39 is 5.41 Å². The number of rotatable bonds is 4. The average molecular weight is 410 g/mol. The van der Waals surface area contributed by atoms with Gasteiger partial charge in [-0.1, -0.05) is 80.4 Å². The molecule has 0 radical (unpaired) electrons. The lowest BCUT2D eigenvalue weighted by molar-refractivity contribution is -0.137. The van der Waals surface area contributed by atoms with Gasteiger partial charge < -0.3 is 4.74 Å². The minimum Gasteiger partial charge on any atom is -0.425 e. The number of ether oxygens (including phenoxy) is 1. The van der Waals surface area contributed by atoms with E-state index in [1.54, 1.807) is 0 Å². The lowest BCUT2D eigenvalue weighted by Crippen LogP contribution is -2.37. The number of alkyl halides is 2. The van der Waals surface area contributed by atoms with Crippen molar-refractivity contribution in [1.29, 1.82) is 0 Å². The lowest BCUT2D eigenvalue weighted by atomic mass is 9.72. The molecule has 2 aromatic rings. The first-order valence-corrected chi connectivity index (χ1v) is 8.79. The molecule has 1 aliphatic heterocycles. The van der Waals surface area contributed by atoms with E-state index in [0.717, 1.165) is 16.5 Å². The normalized spacial score (nSPS) is 21.7. The van der Waals surface area contributed by atoms with Crippen molar-refractivity contribution in [3.8, 4) is 5.75 Å². The largest absolute Gasteiger partial charge is 0.425 e. The quantitative estimate of drug-likeness (QED) is 0.424. The van der Waals surface area contributed by atoms with Crippen LogP contribution in [0.5, 0.6) is 5.75 Å². The van der Waals surface area contributed by atoms with Crippen molar-refractivity contribution in [3.63, 3.8) is 0 Å². The molecule has 0 aromatic heterocycles. The fourth-order valence-corrected chi connectivity index (χ4v) is 3.61. The Bertz CT molecular complexity index is 657. The minimum atomic E-state index is -0.736. The summed E-state index contributed by atoms with van der Waals surface area (Å²) in [7, 11) is 0. The zero-order chi connectivity index (χ0) is 14.9. The third-order valence-corrected chi connectivity index (χ3v) is 6.16. The Kier molecular flexibility index (Phi) is 4.18. The molecule has 4 heteroatoms. The molecule has 108 valence electrons. The van der Waals surface area contributed by atoms with Crippen molar-refractivity contribution < 1.29 is 9.53 Å². The molecule has 0 aliphatic carbocycles. The van der Waals surface area contributed by atoms with Crippen LogP contribution in [0.2, 0.25) is 0 Å². The van der Waals surface area contributed by atoms with Crippen LogP contribution >= 0.6 is 31.9 Å². The molecule has 2 aromatic carbocycles. The first-order valence-electron chi connectivity index (χ1n) is 6.76. The lowest BCUT2D eigenvalue weighted by Gasteiger charge is -2.28. The number of benzene rings is 2. The molecule has 21 heavy (non-hydrogen) atoms. The average Bonchev–Trinajstić information content (AvgIpc) is 2.81. The zero-order valence-corrected chi connectivity index (χ0v) is 14.4. The Morgan fingerprint density at radius 1 is 1.05 bits per heavy atom. The van der Waals surface area contributed by atoms with E-state index in [1.807, 2.05) is 54.6 Å². The van der Waals surface area contributed by atoms with Crippen LogP contribution in [0.3, 0.4) is 0 Å². The number of para-hydroxylation sites is 1. The van der Waals surface area contributed by atoms with Gasteiger partial charge in [-0.2, -0.15) is 0 Å². The van der Waals surface area contributed by atoms with E-state index in [2.05, 4.69) is 31.9 Å². The molecule has 0 unspecified atom stereocenters. The SMILES string of the molecule is O=C1Oc2ccccc2[C@]1(C[C@@H](Br)CBr)c1ccccc1. The number of fused-ring (bicyclic) bond motifs is 1. The Morgan fingerprint density at radius 2 is 1.71 bits per heavy atom. The highest BCUT2D eigenvalue weighted by Gasteiger charge is 2.51. The Morgan fingerprint density at radius 3 is 2.43 bits per heavy atom. The van der Waals surface area contributed by atoms with Gasteiger partial charge in [0, 0.05) is 15.7 Å². The van der Waals surface area contributed by atoms with Gasteiger partial charge in [0.25, 0.3) is 0 Å². The smallest absolute Gasteiger partial charge is 0.326 e. The summed E-state index contributed by atoms with van der Waals surface area (Å²) < 4.78 is 5.55. The summed E-state index contributed by atoms with van der Waals surface area (Å²) in [6, 6.07) is 17.6. The van der Waals surface area contributed by atoms with Gasteiger partial charge in [0.05, 0.1) is 0 Å². The maximum Gasteiger partial charge on any atom is 0.326 e. The third kappa shape index (κ3) is 2.44. The fraction of sp³-hybridized carbons (Fsp3) is 0.235. The summed E-state index contributed by atoms with van der Waals surface area (Å²) in [5.74, 6) is 0.473. The highest BCUT2D eigenvalue weighted by molar-refractivity contribution is 9.12. The van der Waals surface area contributed by atoms with Crippen LogP contribution in [-0.2, 0) is 10.2 Å². The van der Waals surface area contributed by atoms with Gasteiger partial charge in [0.1, 0.15) is 11.2 Å². The van der Waals surface area contributed by atoms with Crippen molar-refractivity contribution >= 4 is 37.8 Å². The van der Waals surface area contributed by atoms with Gasteiger partial charge in [-0.05, 0) is 18.1 Å². The molecular formula is C17H14Br2O2. The number of carbonyl (C=O) groups excluding carboxylic acids is 1. The Balaban J connectivity index is 2.20. The second kappa shape index (κ2) is 5.93. The van der Waals surface area contributed by atoms with E-state index in [0.29, 0.717) is 12.2 Å². The Labute approximate surface area is 140 Å². The highest BCUT2D eigenvalue weighted by atomic mass is 79.9. The second-order valence-corrected chi connectivity index (χ2v) is 7.06. The summed E-state index contributed by atoms with van der Waals surface area (Å²) in [4.78, 5) is 12.9. The van der Waals surface area contributed by atoms with Crippen molar-refractivity contribution in [2.45, 2.75) is 16.7 Å². The molecule has 3 rings (SSSR count). The predicted octanol–water partition coefficient (Wildman–Crippen LogP) is 4.44. The monoisotopic (exact) mass is 408 g/mol. The van der Waals surface area contributed by atoms with Gasteiger partial charge >= 0.3 is 5.97 Å². The summed E-state index contributed by atoms with van der Waals surface area (Å²) in [6.45, 7) is 0. The van der Waals surface area contributed by atoms with E-state index >= 15 is 0 Å². The van der Waals surface area contributed by atoms with Crippen molar-refractivity contribution in [1.82, 2.24) is 0 Å². The van der Waals surface area contributed by atoms with Crippen LogP contribution in [-0.4, -0.2) is 16.1 Å². The molecule has 0 bridgehead atoms. The van der Waals surface area contributed by atoms with E-state index in [-0.39, 0.29) is 10.8 Å². The van der Waals surface area contributed by atoms with Crippen LogP contribution in [0.4, 0.5) is 0 Å². The summed E-state index contributed by atoms with van der Waals surface area (Å²) in [5.41, 5.74) is 1.19. The summed E-state index contributed by atoms with van der Waals surface area (Å²) in [6.07, 6.45) is 0.651. The number of hydrogen-bond acceptors (Lipinski definition) is 2.